The number of hydrogen-bond donors (Lipinski definition) is 2. The van der Waals surface area contributed by atoms with E-state index in [1.807, 2.05) is 0 Å². The molecule has 9 nitrogen and oxygen atoms in total. The van der Waals surface area contributed by atoms with Crippen LogP contribution >= 0.6 is 7.82 Å². The van der Waals surface area contributed by atoms with Gasteiger partial charge in [-0.25, -0.2) is 4.57 Å². The summed E-state index contributed by atoms with van der Waals surface area (Å²) >= 11 is 0. The van der Waals surface area contributed by atoms with E-state index in [-0.39, 0.29) is 32.1 Å². The maximum Gasteiger partial charge on any atom is 0.472 e. The normalized spacial score (nSPS) is 12.7. The fourth-order valence-corrected chi connectivity index (χ4v) is 15.0. The number of phosphoric acid groups is 1. The molecule has 0 rings (SSSR count). The fourth-order valence-electron chi connectivity index (χ4n) is 14.2. The van der Waals surface area contributed by atoms with E-state index in [4.69, 9.17) is 24.3 Å². The van der Waals surface area contributed by atoms with Gasteiger partial charge in [0.15, 0.2) is 6.10 Å². The standard InChI is InChI=1S/C86H172NO8P/c1-3-5-7-9-11-13-15-17-19-21-23-25-27-29-31-33-35-37-39-40-41-42-43-45-47-49-51-53-55-57-59-61-63-65-67-69-71-73-75-77-79-86(89)95-84(83-94-96(90,91)93-81-80-87)82-92-85(88)78-76-74-72-70-68-66-64-62-60-58-56-54-52-50-48-46-44-38-36-34-32-30-28-26-24-22-20-18-16-14-12-10-8-6-4-2/h84H,3-83,87H2,1-2H3,(H,90,91). The highest BCUT2D eigenvalue weighted by Gasteiger charge is 2.26. The summed E-state index contributed by atoms with van der Waals surface area (Å²) in [5, 5.41) is 0. The van der Waals surface area contributed by atoms with Crippen molar-refractivity contribution >= 4 is 19.8 Å². The van der Waals surface area contributed by atoms with E-state index in [0.717, 1.165) is 32.1 Å². The molecule has 574 valence electrons. The summed E-state index contributed by atoms with van der Waals surface area (Å²) in [5.41, 5.74) is 5.42. The number of esters is 2. The largest absolute Gasteiger partial charge is 0.472 e. The van der Waals surface area contributed by atoms with Gasteiger partial charge in [0.2, 0.25) is 0 Å². The number of hydrogen-bond acceptors (Lipinski definition) is 8. The number of carbonyl (C=O) groups excluding carboxylic acids is 2. The molecule has 0 radical (unpaired) electrons. The van der Waals surface area contributed by atoms with Crippen LogP contribution in [0, 0.1) is 0 Å². The Kier molecular flexibility index (Phi) is 82.1. The molecule has 10 heteroatoms. The van der Waals surface area contributed by atoms with Gasteiger partial charge in [0, 0.05) is 19.4 Å². The molecule has 2 unspecified atom stereocenters. The molecular formula is C86H172NO8P. The molecule has 96 heavy (non-hydrogen) atoms. The van der Waals surface area contributed by atoms with Crippen LogP contribution in [0.4, 0.5) is 0 Å². The Morgan fingerprint density at radius 1 is 0.271 bits per heavy atom. The second-order valence-electron chi connectivity index (χ2n) is 30.5. The van der Waals surface area contributed by atoms with E-state index in [1.54, 1.807) is 0 Å². The Morgan fingerprint density at radius 3 is 0.635 bits per heavy atom. The van der Waals surface area contributed by atoms with Crippen LogP contribution in [0.25, 0.3) is 0 Å². The summed E-state index contributed by atoms with van der Waals surface area (Å²) < 4.78 is 33.3. The second kappa shape index (κ2) is 83.0. The van der Waals surface area contributed by atoms with Gasteiger partial charge in [-0.05, 0) is 12.8 Å². The van der Waals surface area contributed by atoms with Gasteiger partial charge in [0.25, 0.3) is 0 Å². The number of phosphoric ester groups is 1. The Morgan fingerprint density at radius 2 is 0.448 bits per heavy atom. The number of nitrogens with two attached hydrogens (primary N) is 1. The predicted molar refractivity (Wildman–Crippen MR) is 418 cm³/mol. The minimum absolute atomic E-state index is 0.0590. The van der Waals surface area contributed by atoms with Crippen LogP contribution in [0.2, 0.25) is 0 Å². The van der Waals surface area contributed by atoms with Gasteiger partial charge in [-0.3, -0.25) is 18.6 Å². The third kappa shape index (κ3) is 82.0. The van der Waals surface area contributed by atoms with Crippen LogP contribution in [-0.4, -0.2) is 49.3 Å². The van der Waals surface area contributed by atoms with Gasteiger partial charge >= 0.3 is 19.8 Å². The van der Waals surface area contributed by atoms with Gasteiger partial charge < -0.3 is 20.1 Å². The first-order valence-electron chi connectivity index (χ1n) is 44.0. The molecule has 2 atom stereocenters. The quantitative estimate of drug-likeness (QED) is 0.0347. The molecule has 0 saturated carbocycles. The van der Waals surface area contributed by atoms with Gasteiger partial charge in [-0.2, -0.15) is 0 Å². The van der Waals surface area contributed by atoms with E-state index < -0.39 is 26.5 Å². The number of rotatable bonds is 86. The summed E-state index contributed by atoms with van der Waals surface area (Å²) in [6.07, 6.45) is 103. The second-order valence-corrected chi connectivity index (χ2v) is 31.9. The summed E-state index contributed by atoms with van der Waals surface area (Å²) in [6, 6.07) is 0. The maximum atomic E-state index is 12.8. The third-order valence-electron chi connectivity index (χ3n) is 20.7. The predicted octanol–water partition coefficient (Wildman–Crippen LogP) is 29.6. The molecule has 0 fully saturated rings. The number of carbonyl (C=O) groups is 2. The number of unbranched alkanes of at least 4 members (excludes halogenated alkanes) is 73. The van der Waals surface area contributed by atoms with Crippen LogP contribution in [-0.2, 0) is 32.7 Å². The molecule has 0 amide bonds. The Balaban J connectivity index is 3.68. The van der Waals surface area contributed by atoms with Crippen LogP contribution in [0.3, 0.4) is 0 Å². The smallest absolute Gasteiger partial charge is 0.462 e. The molecule has 0 bridgehead atoms. The average molecular weight is 1380 g/mol. The van der Waals surface area contributed by atoms with Gasteiger partial charge in [0.05, 0.1) is 13.2 Å². The Bertz CT molecular complexity index is 1530. The highest BCUT2D eigenvalue weighted by atomic mass is 31.2. The zero-order valence-electron chi connectivity index (χ0n) is 65.2. The molecule has 0 spiro atoms. The molecule has 0 saturated heterocycles. The summed E-state index contributed by atoms with van der Waals surface area (Å²) in [4.78, 5) is 35.5. The molecule has 0 aromatic carbocycles. The van der Waals surface area contributed by atoms with Crippen molar-refractivity contribution in [2.45, 2.75) is 514 Å². The lowest BCUT2D eigenvalue weighted by atomic mass is 10.0. The molecular weight excluding hydrogens is 1210 g/mol. The molecule has 0 aliphatic rings. The first-order valence-corrected chi connectivity index (χ1v) is 45.5. The lowest BCUT2D eigenvalue weighted by Gasteiger charge is -2.19. The average Bonchev–Trinajstić information content (AvgIpc) is 1.90. The molecule has 3 N–H and O–H groups in total. The highest BCUT2D eigenvalue weighted by molar-refractivity contribution is 7.47. The van der Waals surface area contributed by atoms with E-state index in [1.165, 1.54) is 443 Å². The van der Waals surface area contributed by atoms with Crippen molar-refractivity contribution in [3.8, 4) is 0 Å². The van der Waals surface area contributed by atoms with Crippen molar-refractivity contribution in [3.63, 3.8) is 0 Å². The van der Waals surface area contributed by atoms with E-state index in [2.05, 4.69) is 13.8 Å². The SMILES string of the molecule is CCCCCCCCCCCCCCCCCCCCCCCCCCCCCCCCCCCCCCCCCCC(=O)OC(COC(=O)CCCCCCCCCCCCCCCCCCCCCCCCCCCCCCCCCCCCC)COP(=O)(O)OCCN. The van der Waals surface area contributed by atoms with Crippen molar-refractivity contribution in [2.75, 3.05) is 26.4 Å². The van der Waals surface area contributed by atoms with Crippen molar-refractivity contribution in [2.24, 2.45) is 5.73 Å². The van der Waals surface area contributed by atoms with Gasteiger partial charge in [0.1, 0.15) is 6.61 Å². The highest BCUT2D eigenvalue weighted by Crippen LogP contribution is 2.43. The zero-order chi connectivity index (χ0) is 69.3. The summed E-state index contributed by atoms with van der Waals surface area (Å²) in [7, 11) is -4.39. The molecule has 0 heterocycles. The first kappa shape index (κ1) is 95.0. The van der Waals surface area contributed by atoms with E-state index in [9.17, 15) is 19.0 Å². The van der Waals surface area contributed by atoms with Gasteiger partial charge in [-0.15, -0.1) is 0 Å². The van der Waals surface area contributed by atoms with Crippen LogP contribution in [0.5, 0.6) is 0 Å². The molecule has 0 aliphatic heterocycles. The lowest BCUT2D eigenvalue weighted by molar-refractivity contribution is -0.161. The Labute approximate surface area is 600 Å². The van der Waals surface area contributed by atoms with Gasteiger partial charge in [-0.1, -0.05) is 483 Å². The van der Waals surface area contributed by atoms with Crippen molar-refractivity contribution in [1.82, 2.24) is 0 Å². The van der Waals surface area contributed by atoms with Crippen LogP contribution in [0.15, 0.2) is 0 Å². The maximum absolute atomic E-state index is 12.8. The number of ether oxygens (including phenoxy) is 2. The lowest BCUT2D eigenvalue weighted by Crippen LogP contribution is -2.29. The monoisotopic (exact) mass is 1380 g/mol. The summed E-state index contributed by atoms with van der Waals surface area (Å²) in [6.45, 7) is 3.87. The van der Waals surface area contributed by atoms with Crippen molar-refractivity contribution in [3.05, 3.63) is 0 Å². The topological polar surface area (TPSA) is 134 Å². The Hall–Kier alpha value is -0.990. The van der Waals surface area contributed by atoms with Crippen LogP contribution < -0.4 is 5.73 Å². The molecule has 0 aliphatic carbocycles. The minimum Gasteiger partial charge on any atom is -0.462 e. The van der Waals surface area contributed by atoms with E-state index in [0.29, 0.717) is 12.8 Å². The molecule has 0 aromatic heterocycles. The van der Waals surface area contributed by atoms with Crippen molar-refractivity contribution < 1.29 is 37.6 Å². The molecule has 0 aromatic rings. The third-order valence-corrected chi connectivity index (χ3v) is 21.7. The summed E-state index contributed by atoms with van der Waals surface area (Å²) in [5.74, 6) is -0.792. The van der Waals surface area contributed by atoms with Crippen molar-refractivity contribution in [1.29, 1.82) is 0 Å². The first-order chi connectivity index (χ1) is 47.3. The fraction of sp³-hybridized carbons (Fsp3) is 0.977. The minimum atomic E-state index is -4.39. The zero-order valence-corrected chi connectivity index (χ0v) is 66.1. The van der Waals surface area contributed by atoms with Crippen LogP contribution in [0.1, 0.15) is 508 Å². The van der Waals surface area contributed by atoms with E-state index >= 15 is 0 Å².